The van der Waals surface area contributed by atoms with Crippen LogP contribution in [-0.2, 0) is 16.2 Å². The summed E-state index contributed by atoms with van der Waals surface area (Å²) in [4.78, 5) is 5.17. The van der Waals surface area contributed by atoms with Crippen molar-refractivity contribution < 1.29 is 0 Å². The predicted molar refractivity (Wildman–Crippen MR) is 284 cm³/mol. The Morgan fingerprint density at radius 1 is 0.328 bits per heavy atom. The quantitative estimate of drug-likeness (QED) is 0.170. The van der Waals surface area contributed by atoms with Crippen LogP contribution in [0.5, 0.6) is 0 Å². The van der Waals surface area contributed by atoms with Gasteiger partial charge in [0.25, 0.3) is 0 Å². The molecule has 2 aliphatic carbocycles. The van der Waals surface area contributed by atoms with Crippen LogP contribution in [0.25, 0.3) is 54.9 Å². The van der Waals surface area contributed by atoms with Crippen LogP contribution >= 0.6 is 0 Å². The maximum Gasteiger partial charge on any atom is 0.0781 e. The van der Waals surface area contributed by atoms with E-state index in [4.69, 9.17) is 0 Å². The number of hydrogen-bond donors (Lipinski definition) is 0. The molecule has 0 amide bonds. The van der Waals surface area contributed by atoms with E-state index in [9.17, 15) is 0 Å². The molecule has 0 N–H and O–H groups in total. The van der Waals surface area contributed by atoms with Crippen LogP contribution in [-0.4, -0.2) is 0 Å². The summed E-state index contributed by atoms with van der Waals surface area (Å²) >= 11 is 0. The Hall–Kier alpha value is -7.68. The standard InChI is InChI=1S/C65H52N2/c1-63(2)53-23-13-11-21-49(53)51-33-31-46(39-57(51)63)66(47-32-34-52-50-22-12-14-24-54(50)64(3,4)58(52)40-47)60-36-30-42-18-9-10-20-48(42)62(60)67-59-26-16-15-25-55(59)65(5,6)56-35-29-45(38-61(56)67)44-28-27-41-17-7-8-19-43(41)37-44/h7-40H,1-6H3. The number of anilines is 6. The van der Waals surface area contributed by atoms with Gasteiger partial charge in [0.15, 0.2) is 0 Å². The summed E-state index contributed by atoms with van der Waals surface area (Å²) in [7, 11) is 0. The lowest BCUT2D eigenvalue weighted by molar-refractivity contribution is 0.632. The van der Waals surface area contributed by atoms with Gasteiger partial charge in [0.05, 0.1) is 22.7 Å². The maximum absolute atomic E-state index is 2.60. The zero-order valence-corrected chi connectivity index (χ0v) is 39.0. The minimum atomic E-state index is -0.254. The topological polar surface area (TPSA) is 6.48 Å². The van der Waals surface area contributed by atoms with Gasteiger partial charge in [-0.15, -0.1) is 0 Å². The molecule has 0 unspecified atom stereocenters. The van der Waals surface area contributed by atoms with Crippen molar-refractivity contribution >= 4 is 55.7 Å². The normalized spacial score (nSPS) is 15.3. The third-order valence-electron chi connectivity index (χ3n) is 15.8. The van der Waals surface area contributed by atoms with E-state index in [1.54, 1.807) is 0 Å². The second kappa shape index (κ2) is 14.2. The van der Waals surface area contributed by atoms with Gasteiger partial charge in [-0.25, -0.2) is 0 Å². The fraction of sp³-hybridized carbons (Fsp3) is 0.138. The molecule has 0 fully saturated rings. The third kappa shape index (κ3) is 5.69. The molecule has 0 radical (unpaired) electrons. The molecule has 322 valence electrons. The smallest absolute Gasteiger partial charge is 0.0781 e. The van der Waals surface area contributed by atoms with Crippen LogP contribution < -0.4 is 9.80 Å². The first-order valence-corrected chi connectivity index (χ1v) is 23.8. The minimum absolute atomic E-state index is 0.170. The Morgan fingerprint density at radius 3 is 1.48 bits per heavy atom. The number of nitrogens with zero attached hydrogens (tertiary/aromatic N) is 2. The van der Waals surface area contributed by atoms with Crippen molar-refractivity contribution in [3.8, 4) is 33.4 Å². The van der Waals surface area contributed by atoms with Crippen LogP contribution in [0.4, 0.5) is 34.1 Å². The molecule has 0 saturated heterocycles. The summed E-state index contributed by atoms with van der Waals surface area (Å²) in [5, 5.41) is 4.89. The first kappa shape index (κ1) is 39.7. The van der Waals surface area contributed by atoms with Gasteiger partial charge in [0, 0.05) is 33.0 Å². The number of benzene rings is 10. The molecule has 0 spiro atoms. The molecule has 0 aromatic heterocycles. The Balaban J connectivity index is 1.10. The predicted octanol–water partition coefficient (Wildman–Crippen LogP) is 17.9. The molecule has 13 rings (SSSR count). The lowest BCUT2D eigenvalue weighted by atomic mass is 9.73. The summed E-state index contributed by atoms with van der Waals surface area (Å²) in [5.74, 6) is 0. The van der Waals surface area contributed by atoms with Gasteiger partial charge in [-0.3, -0.25) is 0 Å². The highest BCUT2D eigenvalue weighted by atomic mass is 15.2. The maximum atomic E-state index is 2.60. The van der Waals surface area contributed by atoms with E-state index in [-0.39, 0.29) is 16.2 Å². The van der Waals surface area contributed by atoms with E-state index in [0.29, 0.717) is 0 Å². The third-order valence-corrected chi connectivity index (χ3v) is 15.8. The number of fused-ring (bicyclic) bond motifs is 10. The highest BCUT2D eigenvalue weighted by Gasteiger charge is 2.41. The largest absolute Gasteiger partial charge is 0.308 e. The van der Waals surface area contributed by atoms with Crippen LogP contribution in [0, 0.1) is 0 Å². The number of rotatable bonds is 5. The minimum Gasteiger partial charge on any atom is -0.308 e. The molecule has 2 heteroatoms. The first-order chi connectivity index (χ1) is 32.5. The van der Waals surface area contributed by atoms with Crippen molar-refractivity contribution in [2.45, 2.75) is 57.8 Å². The van der Waals surface area contributed by atoms with Gasteiger partial charge in [-0.05, 0) is 131 Å². The Labute approximate surface area is 394 Å². The van der Waals surface area contributed by atoms with Crippen molar-refractivity contribution in [1.29, 1.82) is 0 Å². The van der Waals surface area contributed by atoms with Crippen molar-refractivity contribution in [3.63, 3.8) is 0 Å². The van der Waals surface area contributed by atoms with Crippen molar-refractivity contribution in [1.82, 2.24) is 0 Å². The van der Waals surface area contributed by atoms with Crippen molar-refractivity contribution in [2.24, 2.45) is 0 Å². The highest BCUT2D eigenvalue weighted by molar-refractivity contribution is 6.09. The summed E-state index contributed by atoms with van der Waals surface area (Å²) < 4.78 is 0. The van der Waals surface area contributed by atoms with E-state index in [1.807, 2.05) is 0 Å². The summed E-state index contributed by atoms with van der Waals surface area (Å²) in [6, 6.07) is 77.9. The molecule has 1 heterocycles. The highest BCUT2D eigenvalue weighted by Crippen LogP contribution is 2.59. The molecule has 3 aliphatic rings. The second-order valence-corrected chi connectivity index (χ2v) is 20.6. The van der Waals surface area contributed by atoms with Crippen LogP contribution in [0.15, 0.2) is 206 Å². The van der Waals surface area contributed by atoms with Gasteiger partial charge in [-0.2, -0.15) is 0 Å². The fourth-order valence-electron chi connectivity index (χ4n) is 12.3. The molecule has 0 bridgehead atoms. The summed E-state index contributed by atoms with van der Waals surface area (Å²) in [5.41, 5.74) is 22.1. The summed E-state index contributed by atoms with van der Waals surface area (Å²) in [6.45, 7) is 14.3. The van der Waals surface area contributed by atoms with Crippen LogP contribution in [0.2, 0.25) is 0 Å². The Morgan fingerprint density at radius 2 is 0.806 bits per heavy atom. The van der Waals surface area contributed by atoms with Crippen molar-refractivity contribution in [3.05, 3.63) is 240 Å². The molecule has 0 atom stereocenters. The average Bonchev–Trinajstić information content (AvgIpc) is 3.73. The Kier molecular flexibility index (Phi) is 8.38. The number of para-hydroxylation sites is 1. The fourth-order valence-corrected chi connectivity index (χ4v) is 12.3. The van der Waals surface area contributed by atoms with E-state index < -0.39 is 0 Å². The zero-order valence-electron chi connectivity index (χ0n) is 39.0. The van der Waals surface area contributed by atoms with E-state index in [1.165, 1.54) is 99.7 Å². The summed E-state index contributed by atoms with van der Waals surface area (Å²) in [6.07, 6.45) is 0. The molecular weight excluding hydrogens is 809 g/mol. The SMILES string of the molecule is CC1(C)c2ccccc2-c2ccc(N(c3ccc4c(c3)C(C)(C)c3ccccc3-4)c3ccc4ccccc4c3N3c4ccccc4C(C)(C)c4ccc(-c5ccc6ccccc6c5)cc43)cc21. The average molecular weight is 861 g/mol. The van der Waals surface area contributed by atoms with E-state index in [0.717, 1.165) is 22.7 Å². The van der Waals surface area contributed by atoms with Gasteiger partial charge < -0.3 is 9.80 Å². The molecule has 0 saturated carbocycles. The Bertz CT molecular complexity index is 3590. The second-order valence-electron chi connectivity index (χ2n) is 20.6. The molecule has 67 heavy (non-hydrogen) atoms. The first-order valence-electron chi connectivity index (χ1n) is 23.8. The van der Waals surface area contributed by atoms with E-state index in [2.05, 4.69) is 258 Å². The molecule has 10 aromatic rings. The number of hydrogen-bond acceptors (Lipinski definition) is 2. The van der Waals surface area contributed by atoms with Gasteiger partial charge >= 0.3 is 0 Å². The van der Waals surface area contributed by atoms with E-state index >= 15 is 0 Å². The molecular formula is C65H52N2. The van der Waals surface area contributed by atoms with Gasteiger partial charge in [0.2, 0.25) is 0 Å². The van der Waals surface area contributed by atoms with Gasteiger partial charge in [-0.1, -0.05) is 199 Å². The molecule has 10 aromatic carbocycles. The van der Waals surface area contributed by atoms with Gasteiger partial charge in [0.1, 0.15) is 0 Å². The lowest BCUT2D eigenvalue weighted by Crippen LogP contribution is -2.31. The molecule has 1 aliphatic heterocycles. The lowest BCUT2D eigenvalue weighted by Gasteiger charge is -2.44. The van der Waals surface area contributed by atoms with Crippen LogP contribution in [0.1, 0.15) is 74.9 Å². The monoisotopic (exact) mass is 860 g/mol. The van der Waals surface area contributed by atoms with Crippen molar-refractivity contribution in [2.75, 3.05) is 9.80 Å². The molecule has 2 nitrogen and oxygen atoms in total. The van der Waals surface area contributed by atoms with Crippen LogP contribution in [0.3, 0.4) is 0 Å². The zero-order chi connectivity index (χ0) is 45.4.